The highest BCUT2D eigenvalue weighted by Gasteiger charge is 2.71. The fourth-order valence-electron chi connectivity index (χ4n) is 5.99. The smallest absolute Gasteiger partial charge is 0.255 e. The molecule has 0 bridgehead atoms. The van der Waals surface area contributed by atoms with Gasteiger partial charge < -0.3 is 5.32 Å². The fraction of sp³-hybridized carbons (Fsp3) is 0.296. The van der Waals surface area contributed by atoms with Crippen LogP contribution in [0.15, 0.2) is 78.9 Å². The number of hydrogen-bond donors (Lipinski definition) is 3. The van der Waals surface area contributed by atoms with Crippen LogP contribution in [0.1, 0.15) is 58.5 Å². The van der Waals surface area contributed by atoms with Crippen molar-refractivity contribution in [2.24, 2.45) is 5.92 Å². The van der Waals surface area contributed by atoms with E-state index in [-0.39, 0.29) is 17.7 Å². The van der Waals surface area contributed by atoms with Crippen molar-refractivity contribution in [1.29, 1.82) is 0 Å². The molecule has 4 atom stereocenters. The monoisotopic (exact) mass is 410 g/mol. The Balaban J connectivity index is 1.48. The number of carbonyl (C=O) groups is 1. The minimum absolute atomic E-state index is 0.0325. The Morgan fingerprint density at radius 2 is 1.58 bits per heavy atom. The van der Waals surface area contributed by atoms with Gasteiger partial charge in [-0.1, -0.05) is 78.9 Å². The summed E-state index contributed by atoms with van der Waals surface area (Å²) in [5.41, 5.74) is 7.16. The lowest BCUT2D eigenvalue weighted by molar-refractivity contribution is -0.132. The van der Waals surface area contributed by atoms with E-state index in [1.54, 1.807) is 0 Å². The molecule has 6 rings (SSSR count). The molecule has 1 heterocycles. The largest absolute Gasteiger partial charge is 0.306 e. The summed E-state index contributed by atoms with van der Waals surface area (Å²) in [4.78, 5) is 13.3. The summed E-state index contributed by atoms with van der Waals surface area (Å²) in [6.45, 7) is 0.887. The zero-order valence-corrected chi connectivity index (χ0v) is 17.3. The van der Waals surface area contributed by atoms with Gasteiger partial charge in [0, 0.05) is 24.4 Å². The highest BCUT2D eigenvalue weighted by molar-refractivity contribution is 5.95. The van der Waals surface area contributed by atoms with E-state index in [1.165, 1.54) is 29.5 Å². The van der Waals surface area contributed by atoms with Crippen LogP contribution in [-0.4, -0.2) is 11.1 Å². The van der Waals surface area contributed by atoms with Crippen molar-refractivity contribution in [1.82, 2.24) is 10.8 Å². The maximum absolute atomic E-state index is 13.3. The molecule has 4 nitrogen and oxygen atoms in total. The maximum atomic E-state index is 13.3. The average Bonchev–Trinajstić information content (AvgIpc) is 3.75. The number of amides is 1. The Morgan fingerprint density at radius 3 is 2.26 bits per heavy atom. The van der Waals surface area contributed by atoms with Gasteiger partial charge >= 0.3 is 0 Å². The maximum Gasteiger partial charge on any atom is 0.255 e. The number of benzene rings is 3. The zero-order valence-electron chi connectivity index (χ0n) is 17.3. The fourth-order valence-corrected chi connectivity index (χ4v) is 5.99. The molecule has 2 aliphatic carbocycles. The second-order valence-electron chi connectivity index (χ2n) is 9.20. The van der Waals surface area contributed by atoms with Crippen molar-refractivity contribution in [2.45, 2.75) is 42.7 Å². The number of carbonyl (C=O) groups excluding carboxylic acids is 1. The van der Waals surface area contributed by atoms with Gasteiger partial charge in [0.2, 0.25) is 0 Å². The second-order valence-corrected chi connectivity index (χ2v) is 9.20. The summed E-state index contributed by atoms with van der Waals surface area (Å²) in [6.07, 6.45) is 2.62. The van der Waals surface area contributed by atoms with E-state index in [0.717, 1.165) is 23.6 Å². The van der Waals surface area contributed by atoms with Gasteiger partial charge in [-0.3, -0.25) is 10.0 Å². The highest BCUT2D eigenvalue weighted by Crippen LogP contribution is 2.71. The van der Waals surface area contributed by atoms with E-state index in [1.807, 2.05) is 54.0 Å². The number of hydrogen-bond acceptors (Lipinski definition) is 3. The zero-order chi connectivity index (χ0) is 21.0. The van der Waals surface area contributed by atoms with Crippen LogP contribution in [0.3, 0.4) is 0 Å². The number of nitrogens with one attached hydrogen (secondary N) is 2. The average molecular weight is 411 g/mol. The van der Waals surface area contributed by atoms with Gasteiger partial charge in [-0.2, -0.15) is 0 Å². The summed E-state index contributed by atoms with van der Waals surface area (Å²) in [6, 6.07) is 27.3. The molecule has 0 saturated heterocycles. The molecule has 3 N–H and O–H groups in total. The van der Waals surface area contributed by atoms with Crippen LogP contribution in [-0.2, 0) is 16.8 Å². The Hall–Kier alpha value is -2.95. The minimum atomic E-state index is -0.826. The Morgan fingerprint density at radius 1 is 0.903 bits per heavy atom. The molecule has 1 amide bonds. The molecule has 0 aromatic heterocycles. The van der Waals surface area contributed by atoms with E-state index >= 15 is 0 Å². The van der Waals surface area contributed by atoms with Crippen molar-refractivity contribution in [3.63, 3.8) is 0 Å². The summed E-state index contributed by atoms with van der Waals surface area (Å²) >= 11 is 0. The van der Waals surface area contributed by atoms with E-state index in [2.05, 4.69) is 35.6 Å². The summed E-state index contributed by atoms with van der Waals surface area (Å²) in [5, 5.41) is 13.4. The van der Waals surface area contributed by atoms with E-state index in [4.69, 9.17) is 0 Å². The highest BCUT2D eigenvalue weighted by atomic mass is 16.5. The molecule has 4 heteroatoms. The lowest BCUT2D eigenvalue weighted by atomic mass is 9.87. The first-order chi connectivity index (χ1) is 15.2. The number of fused-ring (bicyclic) bond motifs is 1. The van der Waals surface area contributed by atoms with Crippen LogP contribution in [0.5, 0.6) is 0 Å². The summed E-state index contributed by atoms with van der Waals surface area (Å²) < 4.78 is 0. The summed E-state index contributed by atoms with van der Waals surface area (Å²) in [7, 11) is 0. The van der Waals surface area contributed by atoms with Crippen LogP contribution in [0.2, 0.25) is 0 Å². The van der Waals surface area contributed by atoms with Gasteiger partial charge in [0.25, 0.3) is 5.91 Å². The molecule has 0 spiro atoms. The third kappa shape index (κ3) is 2.79. The van der Waals surface area contributed by atoms with Gasteiger partial charge in [-0.15, -0.1) is 0 Å². The van der Waals surface area contributed by atoms with Crippen LogP contribution in [0.4, 0.5) is 0 Å². The first kappa shape index (κ1) is 18.8. The molecule has 4 unspecified atom stereocenters. The SMILES string of the molecule is O=C(NO)C1(c2ccccc2)C(c2ccccc2)C1c1ccc2c(c1)CNC2C1CC1. The predicted octanol–water partition coefficient (Wildman–Crippen LogP) is 4.57. The van der Waals surface area contributed by atoms with Crippen LogP contribution in [0, 0.1) is 5.92 Å². The van der Waals surface area contributed by atoms with Crippen molar-refractivity contribution in [3.05, 3.63) is 107 Å². The molecular weight excluding hydrogens is 384 g/mol. The first-order valence-electron chi connectivity index (χ1n) is 11.2. The molecule has 3 aliphatic rings. The molecule has 0 radical (unpaired) electrons. The Bertz CT molecular complexity index is 1130. The second kappa shape index (κ2) is 7.04. The van der Waals surface area contributed by atoms with Crippen molar-refractivity contribution < 1.29 is 10.0 Å². The van der Waals surface area contributed by atoms with Crippen molar-refractivity contribution in [2.75, 3.05) is 0 Å². The molecule has 2 saturated carbocycles. The van der Waals surface area contributed by atoms with Gasteiger partial charge in [0.05, 0.1) is 5.41 Å². The topological polar surface area (TPSA) is 61.4 Å². The van der Waals surface area contributed by atoms with Crippen LogP contribution < -0.4 is 10.8 Å². The van der Waals surface area contributed by atoms with Gasteiger partial charge in [0.1, 0.15) is 0 Å². The van der Waals surface area contributed by atoms with Gasteiger partial charge in [0.15, 0.2) is 0 Å². The molecule has 3 aromatic rings. The van der Waals surface area contributed by atoms with Gasteiger partial charge in [-0.25, -0.2) is 5.48 Å². The van der Waals surface area contributed by atoms with Crippen molar-refractivity contribution >= 4 is 5.91 Å². The lowest BCUT2D eigenvalue weighted by Gasteiger charge is -2.17. The lowest BCUT2D eigenvalue weighted by Crippen LogP contribution is -2.34. The quantitative estimate of drug-likeness (QED) is 0.427. The van der Waals surface area contributed by atoms with Crippen LogP contribution in [0.25, 0.3) is 0 Å². The molecular formula is C27H26N2O2. The predicted molar refractivity (Wildman–Crippen MR) is 119 cm³/mol. The molecule has 156 valence electrons. The van der Waals surface area contributed by atoms with Crippen LogP contribution >= 0.6 is 0 Å². The molecule has 3 aromatic carbocycles. The number of hydroxylamine groups is 1. The Labute approximate surface area is 182 Å². The van der Waals surface area contributed by atoms with E-state index in [0.29, 0.717) is 6.04 Å². The Kier molecular flexibility index (Phi) is 4.27. The third-order valence-electron chi connectivity index (χ3n) is 7.56. The minimum Gasteiger partial charge on any atom is -0.306 e. The number of rotatable bonds is 5. The first-order valence-corrected chi connectivity index (χ1v) is 11.2. The molecule has 31 heavy (non-hydrogen) atoms. The molecule has 1 aliphatic heterocycles. The normalized spacial score (nSPS) is 28.7. The van der Waals surface area contributed by atoms with Crippen molar-refractivity contribution in [3.8, 4) is 0 Å². The molecule has 2 fully saturated rings. The summed E-state index contributed by atoms with van der Waals surface area (Å²) in [5.74, 6) is 0.366. The van der Waals surface area contributed by atoms with E-state index in [9.17, 15) is 10.0 Å². The van der Waals surface area contributed by atoms with Gasteiger partial charge in [-0.05, 0) is 46.6 Å². The third-order valence-corrected chi connectivity index (χ3v) is 7.56. The van der Waals surface area contributed by atoms with E-state index < -0.39 is 5.41 Å². The standard InChI is InChI=1S/C27H26N2O2/c30-26(29-31)27(21-9-5-2-6-10-21)23(17-7-3-1-4-8-17)24(27)19-13-14-22-20(15-19)16-28-25(22)18-11-12-18/h1-10,13-15,18,23-25,28,31H,11-12,16H2,(H,29,30).